The van der Waals surface area contributed by atoms with Crippen LogP contribution in [0.5, 0.6) is 23.1 Å². The van der Waals surface area contributed by atoms with E-state index in [0.717, 1.165) is 22.3 Å². The Morgan fingerprint density at radius 3 is 2.25 bits per heavy atom. The molecule has 0 N–H and O–H groups in total. The first-order chi connectivity index (χ1) is 24.7. The van der Waals surface area contributed by atoms with Gasteiger partial charge in [0.2, 0.25) is 11.8 Å². The minimum absolute atomic E-state index is 0.0465. The third-order valence-electron chi connectivity index (χ3n) is 8.35. The van der Waals surface area contributed by atoms with E-state index in [1.165, 1.54) is 30.3 Å². The van der Waals surface area contributed by atoms with Gasteiger partial charge >= 0.3 is 0 Å². The summed E-state index contributed by atoms with van der Waals surface area (Å²) < 4.78 is 45.2. The number of hydrogen-bond donors (Lipinski definition) is 0. The second-order valence-electron chi connectivity index (χ2n) is 12.1. The minimum Gasteiger partial charge on any atom is -0.489 e. The highest BCUT2D eigenvalue weighted by Gasteiger charge is 2.20. The molecule has 2 heterocycles. The number of halogens is 4. The summed E-state index contributed by atoms with van der Waals surface area (Å²) in [5.74, 6) is 1.07. The van der Waals surface area contributed by atoms with Crippen LogP contribution in [0.4, 0.5) is 8.78 Å². The molecule has 1 aromatic heterocycles. The molecule has 1 fully saturated rings. The molecule has 4 aromatic carbocycles. The number of carbonyl (C=O) groups excluding carboxylic acids is 1. The summed E-state index contributed by atoms with van der Waals surface area (Å²) in [6, 6.07) is 25.3. The van der Waals surface area contributed by atoms with E-state index in [9.17, 15) is 13.6 Å². The van der Waals surface area contributed by atoms with Crippen molar-refractivity contribution in [3.63, 3.8) is 0 Å². The molecule has 262 valence electrons. The summed E-state index contributed by atoms with van der Waals surface area (Å²) in [4.78, 5) is 21.3. The number of hydrogen-bond acceptors (Lipinski definition) is 6. The zero-order chi connectivity index (χ0) is 35.7. The topological polar surface area (TPSA) is 64.1 Å². The van der Waals surface area contributed by atoms with Crippen molar-refractivity contribution in [3.05, 3.63) is 153 Å². The van der Waals surface area contributed by atoms with E-state index < -0.39 is 0 Å². The fourth-order valence-electron chi connectivity index (χ4n) is 5.53. The Labute approximate surface area is 305 Å². The number of aryl methyl sites for hydroxylation is 1. The summed E-state index contributed by atoms with van der Waals surface area (Å²) in [5.41, 5.74) is 3.68. The Kier molecular flexibility index (Phi) is 11.8. The van der Waals surface area contributed by atoms with Crippen LogP contribution in [0.3, 0.4) is 0 Å². The van der Waals surface area contributed by atoms with Gasteiger partial charge in [0.1, 0.15) is 36.3 Å². The summed E-state index contributed by atoms with van der Waals surface area (Å²) in [6.45, 7) is 5.24. The van der Waals surface area contributed by atoms with Crippen molar-refractivity contribution in [1.82, 2.24) is 14.8 Å². The molecule has 51 heavy (non-hydrogen) atoms. The van der Waals surface area contributed by atoms with Crippen LogP contribution in [0.1, 0.15) is 27.8 Å². The van der Waals surface area contributed by atoms with E-state index in [1.807, 2.05) is 43.3 Å². The van der Waals surface area contributed by atoms with Crippen molar-refractivity contribution in [2.45, 2.75) is 26.7 Å². The molecule has 0 aliphatic carbocycles. The normalized spacial score (nSPS) is 13.4. The van der Waals surface area contributed by atoms with Gasteiger partial charge in [0.15, 0.2) is 5.75 Å². The number of amides is 1. The van der Waals surface area contributed by atoms with Gasteiger partial charge in [0.25, 0.3) is 0 Å². The highest BCUT2D eigenvalue weighted by Crippen LogP contribution is 2.34. The van der Waals surface area contributed by atoms with Crippen LogP contribution in [0.25, 0.3) is 6.08 Å². The zero-order valence-corrected chi connectivity index (χ0v) is 29.3. The van der Waals surface area contributed by atoms with Crippen molar-refractivity contribution >= 4 is 35.2 Å². The van der Waals surface area contributed by atoms with Gasteiger partial charge in [0, 0.05) is 61.0 Å². The number of benzene rings is 4. The number of carbonyl (C=O) groups is 1. The van der Waals surface area contributed by atoms with Crippen molar-refractivity contribution in [2.24, 2.45) is 0 Å². The highest BCUT2D eigenvalue weighted by atomic mass is 35.5. The molecule has 6 rings (SSSR count). The molecule has 7 nitrogen and oxygen atoms in total. The standard InChI is InChI=1S/C40H35Cl2F2N3O4/c1-27-20-28(21-36(42)40(27)51-38-14-13-34(23-45-38)50-25-30-4-2-3-5-35(30)41)7-15-39(48)47-18-16-46(17-19-47)24-29-6-8-31(37(44)22-29)26-49-33-11-9-32(43)10-12-33/h2-15,20-23H,16-19,24-26H2,1H3/b15-7+. The van der Waals surface area contributed by atoms with E-state index in [-0.39, 0.29) is 24.1 Å². The fraction of sp³-hybridized carbons (Fsp3) is 0.200. The molecular weight excluding hydrogens is 695 g/mol. The summed E-state index contributed by atoms with van der Waals surface area (Å²) in [7, 11) is 0. The maximum absolute atomic E-state index is 14.8. The summed E-state index contributed by atoms with van der Waals surface area (Å²) >= 11 is 12.8. The lowest BCUT2D eigenvalue weighted by Gasteiger charge is -2.34. The largest absolute Gasteiger partial charge is 0.489 e. The van der Waals surface area contributed by atoms with E-state index in [2.05, 4.69) is 9.88 Å². The van der Waals surface area contributed by atoms with E-state index >= 15 is 0 Å². The molecule has 1 amide bonds. The summed E-state index contributed by atoms with van der Waals surface area (Å²) in [5, 5.41) is 1.03. The lowest BCUT2D eigenvalue weighted by molar-refractivity contribution is -0.127. The monoisotopic (exact) mass is 729 g/mol. The van der Waals surface area contributed by atoms with Gasteiger partial charge in [-0.1, -0.05) is 53.5 Å². The van der Waals surface area contributed by atoms with Crippen LogP contribution in [-0.4, -0.2) is 46.9 Å². The molecule has 0 bridgehead atoms. The molecule has 0 saturated carbocycles. The Morgan fingerprint density at radius 1 is 0.824 bits per heavy atom. The quantitative estimate of drug-likeness (QED) is 0.119. The fourth-order valence-corrected chi connectivity index (χ4v) is 6.04. The number of aromatic nitrogens is 1. The zero-order valence-electron chi connectivity index (χ0n) is 27.8. The maximum atomic E-state index is 14.8. The number of pyridine rings is 1. The van der Waals surface area contributed by atoms with Crippen molar-refractivity contribution in [1.29, 1.82) is 0 Å². The van der Waals surface area contributed by atoms with Crippen molar-refractivity contribution in [3.8, 4) is 23.1 Å². The second-order valence-corrected chi connectivity index (χ2v) is 12.9. The van der Waals surface area contributed by atoms with Crippen molar-refractivity contribution in [2.75, 3.05) is 26.2 Å². The van der Waals surface area contributed by atoms with Crippen LogP contribution in [-0.2, 0) is 24.6 Å². The van der Waals surface area contributed by atoms with Crippen LogP contribution in [0.2, 0.25) is 10.0 Å². The molecule has 1 saturated heterocycles. The average Bonchev–Trinajstić information content (AvgIpc) is 3.13. The van der Waals surface area contributed by atoms with Gasteiger partial charge in [-0.25, -0.2) is 13.8 Å². The van der Waals surface area contributed by atoms with Gasteiger partial charge in [-0.05, 0) is 84.3 Å². The first-order valence-electron chi connectivity index (χ1n) is 16.4. The van der Waals surface area contributed by atoms with Crippen LogP contribution in [0.15, 0.2) is 103 Å². The minimum atomic E-state index is -0.357. The first kappa shape index (κ1) is 35.9. The molecule has 0 atom stereocenters. The molecule has 0 spiro atoms. The number of rotatable bonds is 12. The molecular formula is C40H35Cl2F2N3O4. The second kappa shape index (κ2) is 16.8. The van der Waals surface area contributed by atoms with Crippen LogP contribution < -0.4 is 14.2 Å². The molecule has 0 radical (unpaired) electrons. The van der Waals surface area contributed by atoms with Gasteiger partial charge in [-0.2, -0.15) is 0 Å². The SMILES string of the molecule is Cc1cc(/C=C/C(=O)N2CCN(Cc3ccc(COc4ccc(F)cc4)c(F)c3)CC2)cc(Cl)c1Oc1ccc(OCc2ccccc2Cl)cn1. The van der Waals surface area contributed by atoms with Gasteiger partial charge in [-0.3, -0.25) is 9.69 Å². The third-order valence-corrected chi connectivity index (χ3v) is 9.00. The number of ether oxygens (including phenoxy) is 3. The summed E-state index contributed by atoms with van der Waals surface area (Å²) in [6.07, 6.45) is 4.86. The number of piperazine rings is 1. The molecule has 1 aliphatic rings. The van der Waals surface area contributed by atoms with Gasteiger partial charge < -0.3 is 19.1 Å². The molecule has 0 unspecified atom stereocenters. The van der Waals surface area contributed by atoms with E-state index in [1.54, 1.807) is 47.5 Å². The average molecular weight is 731 g/mol. The number of nitrogens with zero attached hydrogens (tertiary/aromatic N) is 3. The van der Waals surface area contributed by atoms with Gasteiger partial charge in [0.05, 0.1) is 11.2 Å². The smallest absolute Gasteiger partial charge is 0.246 e. The molecule has 5 aromatic rings. The van der Waals surface area contributed by atoms with Gasteiger partial charge in [-0.15, -0.1) is 0 Å². The maximum Gasteiger partial charge on any atom is 0.246 e. The Balaban J connectivity index is 0.961. The van der Waals surface area contributed by atoms with E-state index in [4.69, 9.17) is 37.4 Å². The lowest BCUT2D eigenvalue weighted by atomic mass is 10.1. The predicted octanol–water partition coefficient (Wildman–Crippen LogP) is 9.28. The third kappa shape index (κ3) is 9.85. The molecule has 11 heteroatoms. The first-order valence-corrected chi connectivity index (χ1v) is 17.1. The highest BCUT2D eigenvalue weighted by molar-refractivity contribution is 6.32. The van der Waals surface area contributed by atoms with Crippen molar-refractivity contribution < 1.29 is 27.8 Å². The van der Waals surface area contributed by atoms with E-state index in [0.29, 0.717) is 78.1 Å². The Bertz CT molecular complexity index is 1980. The predicted molar refractivity (Wildman–Crippen MR) is 194 cm³/mol. The molecule has 1 aliphatic heterocycles. The lowest BCUT2D eigenvalue weighted by Crippen LogP contribution is -2.47. The van der Waals surface area contributed by atoms with Crippen LogP contribution in [0, 0.1) is 18.6 Å². The van der Waals surface area contributed by atoms with Crippen LogP contribution >= 0.6 is 23.2 Å². The Hall–Kier alpha value is -4.96. The Morgan fingerprint density at radius 2 is 1.55 bits per heavy atom.